The van der Waals surface area contributed by atoms with Crippen LogP contribution in [-0.2, 0) is 36.8 Å². The molecule has 0 aromatic heterocycles. The van der Waals surface area contributed by atoms with Crippen LogP contribution in [0, 0.1) is 0 Å². The molecule has 6 rings (SSSR count). The quantitative estimate of drug-likeness (QED) is 0.309. The molecule has 0 unspecified atom stereocenters. The Labute approximate surface area is 295 Å². The molecule has 51 heavy (non-hydrogen) atoms. The molecule has 5 atom stereocenters. The van der Waals surface area contributed by atoms with E-state index in [1.54, 1.807) is 18.2 Å². The molecule has 3 aromatic rings. The average molecular weight is 695 g/mol. The number of nitrogens with zero attached hydrogens (tertiary/aromatic N) is 2. The molecule has 0 aliphatic carbocycles. The molecule has 266 valence electrons. The third kappa shape index (κ3) is 8.36. The highest BCUT2D eigenvalue weighted by Crippen LogP contribution is 2.27. The molecular formula is C38H42N6O7. The summed E-state index contributed by atoms with van der Waals surface area (Å²) in [5, 5.41) is 8.34. The van der Waals surface area contributed by atoms with Crippen molar-refractivity contribution >= 4 is 35.4 Å². The molecule has 0 saturated carbocycles. The van der Waals surface area contributed by atoms with Crippen LogP contribution in [-0.4, -0.2) is 95.1 Å². The summed E-state index contributed by atoms with van der Waals surface area (Å²) in [6, 6.07) is 19.5. The zero-order chi connectivity index (χ0) is 35.9. The Kier molecular flexibility index (Phi) is 10.9. The highest BCUT2D eigenvalue weighted by molar-refractivity contribution is 6.00. The fraction of sp³-hybridized carbons (Fsp3) is 0.368. The van der Waals surface area contributed by atoms with E-state index in [1.165, 1.54) is 15.9 Å². The summed E-state index contributed by atoms with van der Waals surface area (Å²) in [6.45, 7) is 0.284. The second-order valence-corrected chi connectivity index (χ2v) is 13.1. The first-order chi connectivity index (χ1) is 24.7. The topological polar surface area (TPSA) is 180 Å². The smallest absolute Gasteiger partial charge is 0.252 e. The fourth-order valence-electron chi connectivity index (χ4n) is 6.97. The van der Waals surface area contributed by atoms with E-state index in [-0.39, 0.29) is 36.7 Å². The zero-order valence-electron chi connectivity index (χ0n) is 28.2. The van der Waals surface area contributed by atoms with E-state index in [2.05, 4.69) is 16.0 Å². The SMILES string of the molecule is NC(=O)[C@@H]1COc2cccc(c2)C(=O)N[C@@H](Cc2ccccc2)C(=O)N2CCC[C@@H]2C(=O)N2CCC[C@H]2C(=O)N[C@@H](Cc2ccccc2)C(=O)N1. The van der Waals surface area contributed by atoms with E-state index in [4.69, 9.17) is 10.5 Å². The standard InChI is InChI=1S/C38H42N6O7/c39-33(45)30-23-51-27-15-7-14-26(22-27)34(46)41-29(21-25-12-5-2-6-13-25)37(49)44-19-9-17-32(44)38(50)43-18-8-16-31(43)36(48)40-28(35(47)42-30)20-24-10-3-1-4-11-24/h1-7,10-15,22,28-32H,8-9,16-21,23H2,(H2,39,45)(H,40,48)(H,41,46)(H,42,47)/t28-,29-,30-,31-,32+/m0/s1. The molecule has 2 fully saturated rings. The van der Waals surface area contributed by atoms with Crippen LogP contribution in [0.25, 0.3) is 0 Å². The van der Waals surface area contributed by atoms with Crippen LogP contribution in [0.5, 0.6) is 5.75 Å². The van der Waals surface area contributed by atoms with E-state index in [9.17, 15) is 28.8 Å². The minimum absolute atomic E-state index is 0.107. The molecule has 3 aliphatic heterocycles. The number of benzene rings is 3. The largest absolute Gasteiger partial charge is 0.491 e. The van der Waals surface area contributed by atoms with Crippen LogP contribution in [0.1, 0.15) is 47.2 Å². The number of fused-ring (bicyclic) bond motifs is 4. The number of hydrogen-bond donors (Lipinski definition) is 4. The Morgan fingerprint density at radius 2 is 1.29 bits per heavy atom. The Bertz CT molecular complexity index is 1770. The van der Waals surface area contributed by atoms with Crippen molar-refractivity contribution in [1.82, 2.24) is 25.8 Å². The molecule has 13 nitrogen and oxygen atoms in total. The van der Waals surface area contributed by atoms with E-state index < -0.39 is 59.7 Å². The molecule has 5 N–H and O–H groups in total. The van der Waals surface area contributed by atoms with Gasteiger partial charge >= 0.3 is 0 Å². The van der Waals surface area contributed by atoms with Crippen LogP contribution in [0.2, 0.25) is 0 Å². The first-order valence-corrected chi connectivity index (χ1v) is 17.3. The van der Waals surface area contributed by atoms with Gasteiger partial charge in [0.05, 0.1) is 0 Å². The number of hydrogen-bond acceptors (Lipinski definition) is 7. The van der Waals surface area contributed by atoms with Gasteiger partial charge in [-0.25, -0.2) is 0 Å². The van der Waals surface area contributed by atoms with Crippen molar-refractivity contribution in [3.63, 3.8) is 0 Å². The monoisotopic (exact) mass is 694 g/mol. The van der Waals surface area contributed by atoms with Crippen LogP contribution in [0.15, 0.2) is 84.9 Å². The van der Waals surface area contributed by atoms with Gasteiger partial charge in [-0.3, -0.25) is 28.8 Å². The van der Waals surface area contributed by atoms with E-state index in [0.717, 1.165) is 11.1 Å². The number of nitrogens with two attached hydrogens (primary N) is 1. The predicted octanol–water partition coefficient (Wildman–Crippen LogP) is 1.10. The number of primary amides is 1. The molecule has 0 radical (unpaired) electrons. The minimum atomic E-state index is -1.28. The first kappa shape index (κ1) is 35.1. The van der Waals surface area contributed by atoms with Gasteiger partial charge in [-0.1, -0.05) is 66.7 Å². The molecule has 0 spiro atoms. The molecule has 2 bridgehead atoms. The van der Waals surface area contributed by atoms with Crippen molar-refractivity contribution < 1.29 is 33.5 Å². The number of carbonyl (C=O) groups is 6. The summed E-state index contributed by atoms with van der Waals surface area (Å²) in [4.78, 5) is 85.3. The Balaban J connectivity index is 1.35. The van der Waals surface area contributed by atoms with Gasteiger partial charge in [0.2, 0.25) is 29.5 Å². The van der Waals surface area contributed by atoms with Crippen molar-refractivity contribution in [2.24, 2.45) is 5.73 Å². The molecule has 3 aromatic carbocycles. The maximum atomic E-state index is 14.3. The predicted molar refractivity (Wildman–Crippen MR) is 186 cm³/mol. The summed E-state index contributed by atoms with van der Waals surface area (Å²) in [5.41, 5.74) is 7.45. The lowest BCUT2D eigenvalue weighted by Crippen LogP contribution is -2.59. The van der Waals surface area contributed by atoms with Gasteiger partial charge in [-0.05, 0) is 55.0 Å². The van der Waals surface area contributed by atoms with Crippen molar-refractivity contribution in [3.8, 4) is 5.75 Å². The van der Waals surface area contributed by atoms with E-state index in [1.807, 2.05) is 60.7 Å². The van der Waals surface area contributed by atoms with E-state index in [0.29, 0.717) is 38.8 Å². The second-order valence-electron chi connectivity index (χ2n) is 13.1. The van der Waals surface area contributed by atoms with Crippen LogP contribution < -0.4 is 26.4 Å². The number of rotatable bonds is 5. The first-order valence-electron chi connectivity index (χ1n) is 17.3. The molecule has 3 heterocycles. The number of nitrogens with one attached hydrogen (secondary N) is 3. The van der Waals surface area contributed by atoms with Crippen LogP contribution >= 0.6 is 0 Å². The maximum absolute atomic E-state index is 14.3. The lowest BCUT2D eigenvalue weighted by molar-refractivity contribution is -0.147. The normalized spacial score (nSPS) is 24.8. The summed E-state index contributed by atoms with van der Waals surface area (Å²) < 4.78 is 5.84. The van der Waals surface area contributed by atoms with Gasteiger partial charge < -0.3 is 36.2 Å². The highest BCUT2D eigenvalue weighted by atomic mass is 16.5. The molecular weight excluding hydrogens is 652 g/mol. The lowest BCUT2D eigenvalue weighted by Gasteiger charge is -2.33. The zero-order valence-corrected chi connectivity index (χ0v) is 28.2. The molecule has 13 heteroatoms. The third-order valence-electron chi connectivity index (χ3n) is 9.63. The van der Waals surface area contributed by atoms with Gasteiger partial charge in [0.25, 0.3) is 5.91 Å². The fourth-order valence-corrected chi connectivity index (χ4v) is 6.97. The lowest BCUT2D eigenvalue weighted by atomic mass is 10.0. The van der Waals surface area contributed by atoms with Crippen LogP contribution in [0.4, 0.5) is 0 Å². The summed E-state index contributed by atoms with van der Waals surface area (Å²) >= 11 is 0. The van der Waals surface area contributed by atoms with Crippen molar-refractivity contribution in [3.05, 3.63) is 102 Å². The van der Waals surface area contributed by atoms with Gasteiger partial charge in [-0.15, -0.1) is 0 Å². The second kappa shape index (κ2) is 15.9. The number of ether oxygens (including phenoxy) is 1. The molecule has 3 aliphatic rings. The highest BCUT2D eigenvalue weighted by Gasteiger charge is 2.44. The molecule has 6 amide bonds. The van der Waals surface area contributed by atoms with Crippen molar-refractivity contribution in [2.75, 3.05) is 19.7 Å². The number of amides is 6. The van der Waals surface area contributed by atoms with Crippen molar-refractivity contribution in [2.45, 2.75) is 68.7 Å². The van der Waals surface area contributed by atoms with Gasteiger partial charge in [0.15, 0.2) is 0 Å². The van der Waals surface area contributed by atoms with Crippen LogP contribution in [0.3, 0.4) is 0 Å². The Hall–Kier alpha value is -5.72. The van der Waals surface area contributed by atoms with Gasteiger partial charge in [-0.2, -0.15) is 0 Å². The van der Waals surface area contributed by atoms with Crippen molar-refractivity contribution in [1.29, 1.82) is 0 Å². The summed E-state index contributed by atoms with van der Waals surface area (Å²) in [7, 11) is 0. The average Bonchev–Trinajstić information content (AvgIpc) is 3.84. The van der Waals surface area contributed by atoms with Gasteiger partial charge in [0, 0.05) is 31.5 Å². The molecule has 2 saturated heterocycles. The Morgan fingerprint density at radius 1 is 0.686 bits per heavy atom. The van der Waals surface area contributed by atoms with Gasteiger partial charge in [0.1, 0.15) is 42.6 Å². The van der Waals surface area contributed by atoms with E-state index >= 15 is 0 Å². The number of carbonyl (C=O) groups excluding carboxylic acids is 6. The summed E-state index contributed by atoms with van der Waals surface area (Å²) in [6.07, 6.45) is 2.23. The summed E-state index contributed by atoms with van der Waals surface area (Å²) in [5.74, 6) is -3.08. The Morgan fingerprint density at radius 3 is 1.94 bits per heavy atom. The maximum Gasteiger partial charge on any atom is 0.252 e. The minimum Gasteiger partial charge on any atom is -0.491 e. The third-order valence-corrected chi connectivity index (χ3v) is 9.63.